The quantitative estimate of drug-likeness (QED) is 0.897. The van der Waals surface area contributed by atoms with Gasteiger partial charge in [-0.2, -0.15) is 0 Å². The van der Waals surface area contributed by atoms with Gasteiger partial charge in [-0.3, -0.25) is 14.4 Å². The monoisotopic (exact) mass is 318 g/mol. The molecule has 124 valence electrons. The topological polar surface area (TPSA) is 77.9 Å². The van der Waals surface area contributed by atoms with Gasteiger partial charge in [-0.1, -0.05) is 13.8 Å². The summed E-state index contributed by atoms with van der Waals surface area (Å²) in [5.74, 6) is -1.15. The number of carboxylic acid groups (broad SMARTS) is 1. The van der Waals surface area contributed by atoms with Crippen LogP contribution in [0.3, 0.4) is 0 Å². The van der Waals surface area contributed by atoms with E-state index in [2.05, 4.69) is 0 Å². The lowest BCUT2D eigenvalue weighted by atomic mass is 10.1. The second-order valence-electron chi connectivity index (χ2n) is 6.24. The number of hydrogen-bond donors (Lipinski definition) is 1. The van der Waals surface area contributed by atoms with Crippen molar-refractivity contribution in [3.8, 4) is 0 Å². The number of anilines is 1. The second-order valence-corrected chi connectivity index (χ2v) is 6.24. The molecule has 0 aromatic heterocycles. The lowest BCUT2D eigenvalue weighted by molar-refractivity contribution is -0.137. The third kappa shape index (κ3) is 3.88. The molecule has 0 bridgehead atoms. The Balaban J connectivity index is 2.25. The summed E-state index contributed by atoms with van der Waals surface area (Å²) in [6.07, 6.45) is 0.707. The SMILES string of the molecule is CC(=O)N1CCc2cc(C(=O)N(CC(=O)O)CC(C)C)ccc21. The molecule has 0 atom stereocenters. The second kappa shape index (κ2) is 6.81. The molecule has 1 N–H and O–H groups in total. The summed E-state index contributed by atoms with van der Waals surface area (Å²) < 4.78 is 0. The summed E-state index contributed by atoms with van der Waals surface area (Å²) in [5, 5.41) is 9.01. The van der Waals surface area contributed by atoms with Crippen LogP contribution >= 0.6 is 0 Å². The Morgan fingerprint density at radius 3 is 2.57 bits per heavy atom. The van der Waals surface area contributed by atoms with E-state index < -0.39 is 5.97 Å². The fourth-order valence-corrected chi connectivity index (χ4v) is 2.87. The number of carboxylic acids is 1. The Morgan fingerprint density at radius 2 is 2.00 bits per heavy atom. The van der Waals surface area contributed by atoms with Crippen LogP contribution in [0, 0.1) is 5.92 Å². The first-order valence-corrected chi connectivity index (χ1v) is 7.71. The van der Waals surface area contributed by atoms with Crippen LogP contribution in [-0.2, 0) is 16.0 Å². The van der Waals surface area contributed by atoms with Crippen molar-refractivity contribution >= 4 is 23.5 Å². The van der Waals surface area contributed by atoms with E-state index in [0.717, 1.165) is 11.3 Å². The Bertz CT molecular complexity index is 639. The third-order valence-corrected chi connectivity index (χ3v) is 3.80. The van der Waals surface area contributed by atoms with Crippen molar-refractivity contribution in [1.29, 1.82) is 0 Å². The molecule has 0 radical (unpaired) electrons. The largest absolute Gasteiger partial charge is 0.480 e. The highest BCUT2D eigenvalue weighted by Crippen LogP contribution is 2.29. The van der Waals surface area contributed by atoms with Gasteiger partial charge in [0.05, 0.1) is 0 Å². The van der Waals surface area contributed by atoms with Gasteiger partial charge in [0.25, 0.3) is 5.91 Å². The maximum absolute atomic E-state index is 12.6. The van der Waals surface area contributed by atoms with Crippen LogP contribution in [0.4, 0.5) is 5.69 Å². The number of aliphatic carboxylic acids is 1. The molecule has 1 aliphatic heterocycles. The smallest absolute Gasteiger partial charge is 0.323 e. The van der Waals surface area contributed by atoms with Gasteiger partial charge in [0, 0.05) is 31.3 Å². The molecule has 0 saturated carbocycles. The van der Waals surface area contributed by atoms with Gasteiger partial charge in [0.15, 0.2) is 0 Å². The number of hydrogen-bond acceptors (Lipinski definition) is 3. The van der Waals surface area contributed by atoms with Gasteiger partial charge in [-0.15, -0.1) is 0 Å². The van der Waals surface area contributed by atoms with Gasteiger partial charge in [0.1, 0.15) is 6.54 Å². The molecule has 1 aromatic rings. The Kier molecular flexibility index (Phi) is 5.03. The van der Waals surface area contributed by atoms with Crippen molar-refractivity contribution in [2.45, 2.75) is 27.2 Å². The highest BCUT2D eigenvalue weighted by molar-refractivity contribution is 5.98. The molecule has 23 heavy (non-hydrogen) atoms. The van der Waals surface area contributed by atoms with E-state index in [1.807, 2.05) is 13.8 Å². The van der Waals surface area contributed by atoms with Crippen LogP contribution < -0.4 is 4.90 Å². The standard InChI is InChI=1S/C17H22N2O4/c1-11(2)9-18(10-16(21)22)17(23)14-4-5-15-13(8-14)6-7-19(15)12(3)20/h4-5,8,11H,6-7,9-10H2,1-3H3,(H,21,22). The molecule has 0 unspecified atom stereocenters. The number of amides is 2. The molecule has 0 spiro atoms. The van der Waals surface area contributed by atoms with E-state index in [9.17, 15) is 14.4 Å². The molecule has 1 aromatic carbocycles. The predicted octanol–water partition coefficient (Wildman–Crippen LogP) is 1.78. The molecular weight excluding hydrogens is 296 g/mol. The number of benzene rings is 1. The number of fused-ring (bicyclic) bond motifs is 1. The Morgan fingerprint density at radius 1 is 1.30 bits per heavy atom. The van der Waals surface area contributed by atoms with E-state index in [4.69, 9.17) is 5.11 Å². The van der Waals surface area contributed by atoms with Crippen LogP contribution in [0.25, 0.3) is 0 Å². The van der Waals surface area contributed by atoms with Gasteiger partial charge < -0.3 is 14.9 Å². The summed E-state index contributed by atoms with van der Waals surface area (Å²) in [4.78, 5) is 38.2. The molecular formula is C17H22N2O4. The fraction of sp³-hybridized carbons (Fsp3) is 0.471. The Labute approximate surface area is 135 Å². The summed E-state index contributed by atoms with van der Waals surface area (Å²) in [7, 11) is 0. The van der Waals surface area contributed by atoms with Crippen molar-refractivity contribution in [3.05, 3.63) is 29.3 Å². The molecule has 2 amide bonds. The highest BCUT2D eigenvalue weighted by Gasteiger charge is 2.25. The first-order chi connectivity index (χ1) is 10.8. The molecule has 6 nitrogen and oxygen atoms in total. The van der Waals surface area contributed by atoms with E-state index in [0.29, 0.717) is 25.1 Å². The van der Waals surface area contributed by atoms with Crippen molar-refractivity contribution in [2.24, 2.45) is 5.92 Å². The van der Waals surface area contributed by atoms with E-state index in [1.165, 1.54) is 11.8 Å². The normalized spacial score (nSPS) is 13.1. The third-order valence-electron chi connectivity index (χ3n) is 3.80. The minimum absolute atomic E-state index is 0.0184. The maximum atomic E-state index is 12.6. The van der Waals surface area contributed by atoms with Gasteiger partial charge in [0.2, 0.25) is 5.91 Å². The van der Waals surface area contributed by atoms with Crippen molar-refractivity contribution in [3.63, 3.8) is 0 Å². The Hall–Kier alpha value is -2.37. The lowest BCUT2D eigenvalue weighted by Crippen LogP contribution is -2.38. The van der Waals surface area contributed by atoms with Crippen LogP contribution in [0.5, 0.6) is 0 Å². The summed E-state index contributed by atoms with van der Waals surface area (Å²) >= 11 is 0. The van der Waals surface area contributed by atoms with Gasteiger partial charge in [-0.05, 0) is 36.1 Å². The predicted molar refractivity (Wildman–Crippen MR) is 86.6 cm³/mol. The maximum Gasteiger partial charge on any atom is 0.323 e. The minimum Gasteiger partial charge on any atom is -0.480 e. The van der Waals surface area contributed by atoms with E-state index >= 15 is 0 Å². The van der Waals surface area contributed by atoms with Crippen LogP contribution in [-0.4, -0.2) is 47.4 Å². The van der Waals surface area contributed by atoms with Crippen LogP contribution in [0.2, 0.25) is 0 Å². The molecule has 2 rings (SSSR count). The van der Waals surface area contributed by atoms with Crippen molar-refractivity contribution in [2.75, 3.05) is 24.5 Å². The molecule has 0 aliphatic carbocycles. The molecule has 6 heteroatoms. The fourth-order valence-electron chi connectivity index (χ4n) is 2.87. The summed E-state index contributed by atoms with van der Waals surface area (Å²) in [5.41, 5.74) is 2.25. The number of rotatable bonds is 5. The van der Waals surface area contributed by atoms with E-state index in [1.54, 1.807) is 23.1 Å². The average molecular weight is 318 g/mol. The van der Waals surface area contributed by atoms with Gasteiger partial charge in [-0.25, -0.2) is 0 Å². The van der Waals surface area contributed by atoms with Crippen LogP contribution in [0.1, 0.15) is 36.7 Å². The molecule has 1 aliphatic rings. The van der Waals surface area contributed by atoms with Crippen molar-refractivity contribution < 1.29 is 19.5 Å². The molecule has 0 fully saturated rings. The number of carbonyl (C=O) groups is 3. The summed E-state index contributed by atoms with van der Waals surface area (Å²) in [6.45, 7) is 6.10. The zero-order valence-electron chi connectivity index (χ0n) is 13.7. The van der Waals surface area contributed by atoms with Crippen molar-refractivity contribution in [1.82, 2.24) is 4.90 Å². The first kappa shape index (κ1) is 17.0. The van der Waals surface area contributed by atoms with Crippen LogP contribution in [0.15, 0.2) is 18.2 Å². The molecule has 0 saturated heterocycles. The van der Waals surface area contributed by atoms with E-state index in [-0.39, 0.29) is 24.3 Å². The minimum atomic E-state index is -1.03. The number of nitrogens with zero attached hydrogens (tertiary/aromatic N) is 2. The lowest BCUT2D eigenvalue weighted by Gasteiger charge is -2.23. The molecule has 1 heterocycles. The zero-order valence-corrected chi connectivity index (χ0v) is 13.7. The van der Waals surface area contributed by atoms with Gasteiger partial charge >= 0.3 is 5.97 Å². The highest BCUT2D eigenvalue weighted by atomic mass is 16.4. The summed E-state index contributed by atoms with van der Waals surface area (Å²) in [6, 6.07) is 5.21. The first-order valence-electron chi connectivity index (χ1n) is 7.71. The average Bonchev–Trinajstić information content (AvgIpc) is 2.87. The zero-order chi connectivity index (χ0) is 17.1. The number of carbonyl (C=O) groups excluding carboxylic acids is 2.